The predicted octanol–water partition coefficient (Wildman–Crippen LogP) is 4.19. The molecule has 2 aliphatic rings. The minimum absolute atomic E-state index is 0. The van der Waals surface area contributed by atoms with Gasteiger partial charge in [-0.3, -0.25) is 4.79 Å². The lowest BCUT2D eigenvalue weighted by Crippen LogP contribution is -2.45. The van der Waals surface area contributed by atoms with Crippen molar-refractivity contribution >= 4 is 34.2 Å². The molecule has 1 aliphatic carbocycles. The van der Waals surface area contributed by atoms with E-state index in [1.807, 2.05) is 0 Å². The molecule has 1 aromatic carbocycles. The van der Waals surface area contributed by atoms with Gasteiger partial charge in [0.05, 0.1) is 0 Å². The van der Waals surface area contributed by atoms with Gasteiger partial charge in [-0.25, -0.2) is 0 Å². The summed E-state index contributed by atoms with van der Waals surface area (Å²) in [6, 6.07) is 8.66. The predicted molar refractivity (Wildman–Crippen MR) is 105 cm³/mol. The summed E-state index contributed by atoms with van der Waals surface area (Å²) in [4.78, 5) is 12.5. The highest BCUT2D eigenvalue weighted by Gasteiger charge is 2.35. The van der Waals surface area contributed by atoms with Crippen molar-refractivity contribution in [1.82, 2.24) is 10.6 Å². The first-order valence-corrected chi connectivity index (χ1v) is 9.73. The third kappa shape index (κ3) is 4.74. The second kappa shape index (κ2) is 9.21. The van der Waals surface area contributed by atoms with Gasteiger partial charge in [0, 0.05) is 22.4 Å². The Morgan fingerprint density at radius 1 is 1.21 bits per heavy atom. The Labute approximate surface area is 159 Å². The van der Waals surface area contributed by atoms with Crippen LogP contribution in [0.15, 0.2) is 28.7 Å². The Hall–Kier alpha value is -0.580. The number of halogens is 2. The van der Waals surface area contributed by atoms with Crippen LogP contribution in [-0.4, -0.2) is 25.5 Å². The van der Waals surface area contributed by atoms with E-state index in [2.05, 4.69) is 50.8 Å². The maximum Gasteiger partial charge on any atom is 0.223 e. The first-order chi connectivity index (χ1) is 11.2. The molecular formula is C19H28BrClN2O. The summed E-state index contributed by atoms with van der Waals surface area (Å²) in [6.07, 6.45) is 8.13. The standard InChI is InChI=1S/C19H27BrN2O.ClH/c20-17-6-4-5-16(13-17)19(9-2-1-3-10-19)14-22-18(23)15-7-11-21-12-8-15;/h4-6,13,15,21H,1-3,7-12,14H2,(H,22,23);1H. The fraction of sp³-hybridized carbons (Fsp3) is 0.632. The lowest BCUT2D eigenvalue weighted by molar-refractivity contribution is -0.126. The van der Waals surface area contributed by atoms with Crippen LogP contribution in [-0.2, 0) is 10.2 Å². The summed E-state index contributed by atoms with van der Waals surface area (Å²) in [6.45, 7) is 2.72. The molecule has 0 atom stereocenters. The minimum atomic E-state index is 0. The highest BCUT2D eigenvalue weighted by atomic mass is 79.9. The summed E-state index contributed by atoms with van der Waals surface area (Å²) >= 11 is 3.60. The van der Waals surface area contributed by atoms with Gasteiger partial charge in [-0.1, -0.05) is 47.3 Å². The van der Waals surface area contributed by atoms with Gasteiger partial charge >= 0.3 is 0 Å². The average Bonchev–Trinajstić information content (AvgIpc) is 2.61. The van der Waals surface area contributed by atoms with E-state index in [1.165, 1.54) is 37.7 Å². The SMILES string of the molecule is Cl.O=C(NCC1(c2cccc(Br)c2)CCCCC1)C1CCNCC1. The van der Waals surface area contributed by atoms with Gasteiger partial charge in [-0.05, 0) is 56.5 Å². The fourth-order valence-corrected chi connectivity index (χ4v) is 4.50. The Balaban J connectivity index is 0.00000208. The van der Waals surface area contributed by atoms with Crippen molar-refractivity contribution in [2.75, 3.05) is 19.6 Å². The molecule has 2 fully saturated rings. The molecule has 0 aromatic heterocycles. The van der Waals surface area contributed by atoms with Gasteiger partial charge < -0.3 is 10.6 Å². The Bertz CT molecular complexity index is 540. The molecule has 1 heterocycles. The molecular weight excluding hydrogens is 388 g/mol. The highest BCUT2D eigenvalue weighted by molar-refractivity contribution is 9.10. The van der Waals surface area contributed by atoms with Crippen LogP contribution >= 0.6 is 28.3 Å². The molecule has 3 nitrogen and oxygen atoms in total. The second-order valence-corrected chi connectivity index (χ2v) is 8.01. The zero-order chi connectivity index (χ0) is 16.1. The molecule has 0 spiro atoms. The third-order valence-electron chi connectivity index (χ3n) is 5.56. The number of hydrogen-bond acceptors (Lipinski definition) is 2. The Morgan fingerprint density at radius 3 is 2.58 bits per heavy atom. The molecule has 0 bridgehead atoms. The number of benzene rings is 1. The van der Waals surface area contributed by atoms with E-state index in [-0.39, 0.29) is 29.6 Å². The first-order valence-electron chi connectivity index (χ1n) is 8.94. The molecule has 1 aromatic rings. The van der Waals surface area contributed by atoms with Crippen molar-refractivity contribution in [3.63, 3.8) is 0 Å². The van der Waals surface area contributed by atoms with Crippen LogP contribution in [0, 0.1) is 5.92 Å². The summed E-state index contributed by atoms with van der Waals surface area (Å²) in [5.74, 6) is 0.450. The van der Waals surface area contributed by atoms with Crippen molar-refractivity contribution < 1.29 is 4.79 Å². The second-order valence-electron chi connectivity index (χ2n) is 7.09. The number of hydrogen-bond donors (Lipinski definition) is 2. The largest absolute Gasteiger partial charge is 0.355 e. The molecule has 2 N–H and O–H groups in total. The smallest absolute Gasteiger partial charge is 0.223 e. The van der Waals surface area contributed by atoms with E-state index >= 15 is 0 Å². The first kappa shape index (κ1) is 19.7. The molecule has 5 heteroatoms. The minimum Gasteiger partial charge on any atom is -0.355 e. The Kier molecular flexibility index (Phi) is 7.58. The number of piperidine rings is 1. The van der Waals surface area contributed by atoms with E-state index in [4.69, 9.17) is 0 Å². The third-order valence-corrected chi connectivity index (χ3v) is 6.05. The van der Waals surface area contributed by atoms with E-state index in [0.29, 0.717) is 0 Å². The maximum absolute atomic E-state index is 12.5. The molecule has 1 saturated heterocycles. The van der Waals surface area contributed by atoms with Crippen LogP contribution in [0.3, 0.4) is 0 Å². The number of amides is 1. The van der Waals surface area contributed by atoms with E-state index < -0.39 is 0 Å². The van der Waals surface area contributed by atoms with Crippen LogP contribution in [0.1, 0.15) is 50.5 Å². The number of rotatable bonds is 4. The van der Waals surface area contributed by atoms with Crippen molar-refractivity contribution in [3.05, 3.63) is 34.3 Å². The van der Waals surface area contributed by atoms with Crippen LogP contribution in [0.5, 0.6) is 0 Å². The molecule has 1 aliphatic heterocycles. The number of carbonyl (C=O) groups is 1. The van der Waals surface area contributed by atoms with Crippen LogP contribution in [0.2, 0.25) is 0 Å². The van der Waals surface area contributed by atoms with E-state index in [1.54, 1.807) is 0 Å². The van der Waals surface area contributed by atoms with Gasteiger partial charge in [0.15, 0.2) is 0 Å². The van der Waals surface area contributed by atoms with Crippen molar-refractivity contribution in [2.45, 2.75) is 50.4 Å². The maximum atomic E-state index is 12.5. The quantitative estimate of drug-likeness (QED) is 0.774. The van der Waals surface area contributed by atoms with Crippen LogP contribution < -0.4 is 10.6 Å². The molecule has 1 amide bonds. The van der Waals surface area contributed by atoms with Gasteiger partial charge in [0.1, 0.15) is 0 Å². The van der Waals surface area contributed by atoms with E-state index in [0.717, 1.165) is 36.9 Å². The summed E-state index contributed by atoms with van der Waals surface area (Å²) in [7, 11) is 0. The molecule has 3 rings (SSSR count). The van der Waals surface area contributed by atoms with Crippen molar-refractivity contribution in [2.24, 2.45) is 5.92 Å². The normalized spacial score (nSPS) is 20.9. The van der Waals surface area contributed by atoms with Gasteiger partial charge in [0.25, 0.3) is 0 Å². The van der Waals surface area contributed by atoms with Crippen LogP contribution in [0.4, 0.5) is 0 Å². The monoisotopic (exact) mass is 414 g/mol. The van der Waals surface area contributed by atoms with E-state index in [9.17, 15) is 4.79 Å². The number of carbonyl (C=O) groups excluding carboxylic acids is 1. The number of nitrogens with one attached hydrogen (secondary N) is 2. The molecule has 24 heavy (non-hydrogen) atoms. The summed E-state index contributed by atoms with van der Waals surface area (Å²) < 4.78 is 1.13. The zero-order valence-electron chi connectivity index (χ0n) is 14.2. The lowest BCUT2D eigenvalue weighted by Gasteiger charge is -2.38. The van der Waals surface area contributed by atoms with Crippen molar-refractivity contribution in [3.8, 4) is 0 Å². The molecule has 0 unspecified atom stereocenters. The molecule has 134 valence electrons. The average molecular weight is 416 g/mol. The van der Waals surface area contributed by atoms with Gasteiger partial charge in [-0.15, -0.1) is 12.4 Å². The summed E-state index contributed by atoms with van der Waals surface area (Å²) in [5.41, 5.74) is 1.49. The molecule has 0 radical (unpaired) electrons. The highest BCUT2D eigenvalue weighted by Crippen LogP contribution is 2.39. The lowest BCUT2D eigenvalue weighted by atomic mass is 9.69. The molecule has 1 saturated carbocycles. The topological polar surface area (TPSA) is 41.1 Å². The zero-order valence-corrected chi connectivity index (χ0v) is 16.6. The van der Waals surface area contributed by atoms with Gasteiger partial charge in [0.2, 0.25) is 5.91 Å². The fourth-order valence-electron chi connectivity index (χ4n) is 4.10. The van der Waals surface area contributed by atoms with Crippen LogP contribution in [0.25, 0.3) is 0 Å². The van der Waals surface area contributed by atoms with Crippen molar-refractivity contribution in [1.29, 1.82) is 0 Å². The van der Waals surface area contributed by atoms with Gasteiger partial charge in [-0.2, -0.15) is 0 Å². The Morgan fingerprint density at radius 2 is 1.92 bits per heavy atom. The summed E-state index contributed by atoms with van der Waals surface area (Å²) in [5, 5.41) is 6.63.